The van der Waals surface area contributed by atoms with Crippen molar-refractivity contribution in [2.24, 2.45) is 5.41 Å². The van der Waals surface area contributed by atoms with Crippen LogP contribution in [0.15, 0.2) is 0 Å². The second kappa shape index (κ2) is 6.72. The van der Waals surface area contributed by atoms with Crippen LogP contribution in [0.3, 0.4) is 0 Å². The fourth-order valence-electron chi connectivity index (χ4n) is 2.82. The highest BCUT2D eigenvalue weighted by Crippen LogP contribution is 2.28. The number of hydrogen-bond donors (Lipinski definition) is 1. The van der Waals surface area contributed by atoms with Crippen molar-refractivity contribution >= 4 is 0 Å². The van der Waals surface area contributed by atoms with Gasteiger partial charge in [0.1, 0.15) is 0 Å². The number of aliphatic hydroxyl groups is 1. The van der Waals surface area contributed by atoms with E-state index in [2.05, 4.69) is 37.7 Å². The maximum Gasteiger partial charge on any atom is 0.0499 e. The maximum atomic E-state index is 9.65. The molecule has 1 atom stereocenters. The predicted octanol–water partition coefficient (Wildman–Crippen LogP) is 1.81. The fraction of sp³-hybridized carbons (Fsp3) is 1.00. The first-order valence-electron chi connectivity index (χ1n) is 7.06. The molecule has 1 heterocycles. The van der Waals surface area contributed by atoms with E-state index in [9.17, 15) is 5.11 Å². The Balaban J connectivity index is 2.55. The molecule has 0 amide bonds. The summed E-state index contributed by atoms with van der Waals surface area (Å²) in [5.41, 5.74) is 0.119. The van der Waals surface area contributed by atoms with Gasteiger partial charge < -0.3 is 14.9 Å². The molecule has 0 aromatic heterocycles. The van der Waals surface area contributed by atoms with Crippen molar-refractivity contribution in [2.75, 3.05) is 40.3 Å². The van der Waals surface area contributed by atoms with Crippen LogP contribution >= 0.6 is 0 Å². The van der Waals surface area contributed by atoms with Crippen LogP contribution < -0.4 is 0 Å². The first kappa shape index (κ1) is 14.9. The van der Waals surface area contributed by atoms with Gasteiger partial charge in [0, 0.05) is 31.2 Å². The lowest BCUT2D eigenvalue weighted by Crippen LogP contribution is -2.49. The largest absolute Gasteiger partial charge is 0.396 e. The van der Waals surface area contributed by atoms with E-state index in [1.54, 1.807) is 0 Å². The third-order valence-corrected chi connectivity index (χ3v) is 4.61. The Bertz CT molecular complexity index is 206. The van der Waals surface area contributed by atoms with Crippen LogP contribution in [0.2, 0.25) is 0 Å². The molecule has 0 aromatic carbocycles. The summed E-state index contributed by atoms with van der Waals surface area (Å²) < 4.78 is 0. The lowest BCUT2D eigenvalue weighted by atomic mass is 9.82. The summed E-state index contributed by atoms with van der Waals surface area (Å²) in [6.07, 6.45) is 4.75. The van der Waals surface area contributed by atoms with Crippen molar-refractivity contribution in [3.8, 4) is 0 Å². The summed E-state index contributed by atoms with van der Waals surface area (Å²) in [5, 5.41) is 9.65. The fourth-order valence-corrected chi connectivity index (χ4v) is 2.82. The predicted molar refractivity (Wildman–Crippen MR) is 73.2 cm³/mol. The number of hydrogen-bond acceptors (Lipinski definition) is 3. The second-order valence-corrected chi connectivity index (χ2v) is 5.86. The first-order chi connectivity index (χ1) is 8.06. The molecule has 0 aromatic rings. The summed E-state index contributed by atoms with van der Waals surface area (Å²) in [7, 11) is 4.35. The molecule has 1 fully saturated rings. The first-order valence-corrected chi connectivity index (χ1v) is 7.06. The summed E-state index contributed by atoms with van der Waals surface area (Å²) >= 11 is 0. The van der Waals surface area contributed by atoms with Crippen molar-refractivity contribution in [1.29, 1.82) is 0 Å². The molecule has 0 bridgehead atoms. The minimum atomic E-state index is 0.119. The minimum absolute atomic E-state index is 0.119. The van der Waals surface area contributed by atoms with Gasteiger partial charge in [-0.25, -0.2) is 0 Å². The Morgan fingerprint density at radius 3 is 2.41 bits per heavy atom. The molecule has 1 rings (SSSR count). The Labute approximate surface area is 107 Å². The molecule has 3 nitrogen and oxygen atoms in total. The van der Waals surface area contributed by atoms with Gasteiger partial charge in [0.25, 0.3) is 0 Å². The van der Waals surface area contributed by atoms with Crippen LogP contribution in [0.1, 0.15) is 39.5 Å². The van der Waals surface area contributed by atoms with Gasteiger partial charge in [-0.1, -0.05) is 13.8 Å². The molecule has 1 aliphatic heterocycles. The number of likely N-dealkylation sites (N-methyl/N-ethyl adjacent to an activating group) is 1. The van der Waals surface area contributed by atoms with E-state index in [1.807, 2.05) is 0 Å². The Kier molecular flexibility index (Phi) is 5.90. The molecule has 0 radical (unpaired) electrons. The quantitative estimate of drug-likeness (QED) is 0.769. The van der Waals surface area contributed by atoms with Crippen LogP contribution in [0.5, 0.6) is 0 Å². The number of rotatable bonds is 6. The van der Waals surface area contributed by atoms with Crippen molar-refractivity contribution in [3.05, 3.63) is 0 Å². The average molecular weight is 242 g/mol. The van der Waals surface area contributed by atoms with Crippen LogP contribution in [-0.4, -0.2) is 61.3 Å². The molecule has 1 N–H and O–H groups in total. The van der Waals surface area contributed by atoms with E-state index in [-0.39, 0.29) is 5.41 Å². The maximum absolute atomic E-state index is 9.65. The summed E-state index contributed by atoms with van der Waals surface area (Å²) in [4.78, 5) is 4.89. The van der Waals surface area contributed by atoms with Gasteiger partial charge in [0.15, 0.2) is 0 Å². The number of likely N-dealkylation sites (tertiary alicyclic amines) is 1. The van der Waals surface area contributed by atoms with Gasteiger partial charge >= 0.3 is 0 Å². The zero-order chi connectivity index (χ0) is 12.9. The molecule has 3 heteroatoms. The number of aliphatic hydroxyl groups excluding tert-OH is 1. The van der Waals surface area contributed by atoms with Gasteiger partial charge in [-0.15, -0.1) is 0 Å². The number of piperidine rings is 1. The lowest BCUT2D eigenvalue weighted by molar-refractivity contribution is 0.0400. The molecule has 1 unspecified atom stereocenters. The monoisotopic (exact) mass is 242 g/mol. The standard InChI is InChI=1S/C14H30N2O/c1-5-14(6-2,12-17)11-16-9-7-8-13(10-16)15(3)4/h13,17H,5-12H2,1-4H3. The van der Waals surface area contributed by atoms with E-state index in [4.69, 9.17) is 0 Å². The normalized spacial score (nSPS) is 23.3. The highest BCUT2D eigenvalue weighted by atomic mass is 16.3. The molecule has 17 heavy (non-hydrogen) atoms. The third-order valence-electron chi connectivity index (χ3n) is 4.61. The summed E-state index contributed by atoms with van der Waals surface area (Å²) in [6.45, 7) is 8.14. The molecule has 0 spiro atoms. The van der Waals surface area contributed by atoms with E-state index >= 15 is 0 Å². The second-order valence-electron chi connectivity index (χ2n) is 5.86. The van der Waals surface area contributed by atoms with Crippen LogP contribution in [-0.2, 0) is 0 Å². The number of nitrogens with zero attached hydrogens (tertiary/aromatic N) is 2. The summed E-state index contributed by atoms with van der Waals surface area (Å²) in [6, 6.07) is 0.689. The molecule has 0 saturated carbocycles. The Hall–Kier alpha value is -0.120. The molecule has 1 saturated heterocycles. The molecular weight excluding hydrogens is 212 g/mol. The van der Waals surface area contributed by atoms with Gasteiger partial charge in [-0.2, -0.15) is 0 Å². The van der Waals surface area contributed by atoms with E-state index < -0.39 is 0 Å². The molecular formula is C14H30N2O. The van der Waals surface area contributed by atoms with Gasteiger partial charge in [0.05, 0.1) is 0 Å². The van der Waals surface area contributed by atoms with Gasteiger partial charge in [0.2, 0.25) is 0 Å². The minimum Gasteiger partial charge on any atom is -0.396 e. The van der Waals surface area contributed by atoms with Crippen molar-refractivity contribution < 1.29 is 5.11 Å². The Morgan fingerprint density at radius 2 is 1.94 bits per heavy atom. The lowest BCUT2D eigenvalue weighted by Gasteiger charge is -2.41. The van der Waals surface area contributed by atoms with Gasteiger partial charge in [-0.3, -0.25) is 0 Å². The van der Waals surface area contributed by atoms with Crippen LogP contribution in [0.25, 0.3) is 0 Å². The van der Waals surface area contributed by atoms with E-state index in [0.29, 0.717) is 12.6 Å². The topological polar surface area (TPSA) is 26.7 Å². The molecule has 0 aliphatic carbocycles. The Morgan fingerprint density at radius 1 is 1.29 bits per heavy atom. The van der Waals surface area contributed by atoms with Crippen LogP contribution in [0.4, 0.5) is 0 Å². The van der Waals surface area contributed by atoms with Crippen LogP contribution in [0, 0.1) is 5.41 Å². The zero-order valence-corrected chi connectivity index (χ0v) is 12.1. The van der Waals surface area contributed by atoms with Crippen molar-refractivity contribution in [2.45, 2.75) is 45.6 Å². The zero-order valence-electron chi connectivity index (χ0n) is 12.1. The summed E-state index contributed by atoms with van der Waals surface area (Å²) in [5.74, 6) is 0. The SMILES string of the molecule is CCC(CC)(CO)CN1CCCC(N(C)C)C1. The smallest absolute Gasteiger partial charge is 0.0499 e. The average Bonchev–Trinajstić information content (AvgIpc) is 2.36. The van der Waals surface area contributed by atoms with Gasteiger partial charge in [-0.05, 0) is 46.3 Å². The van der Waals surface area contributed by atoms with Crippen molar-refractivity contribution in [1.82, 2.24) is 9.80 Å². The van der Waals surface area contributed by atoms with E-state index in [1.165, 1.54) is 19.4 Å². The molecule has 1 aliphatic rings. The van der Waals surface area contributed by atoms with Crippen molar-refractivity contribution in [3.63, 3.8) is 0 Å². The highest BCUT2D eigenvalue weighted by Gasteiger charge is 2.30. The van der Waals surface area contributed by atoms with E-state index in [0.717, 1.165) is 25.9 Å². The highest BCUT2D eigenvalue weighted by molar-refractivity contribution is 4.85. The molecule has 102 valence electrons. The third kappa shape index (κ3) is 3.94.